The van der Waals surface area contributed by atoms with E-state index in [-0.39, 0.29) is 29.6 Å². The molecule has 4 aromatic heterocycles. The SMILES string of the molecule is COC(=O)C(C)N(C[C@]1(C#N)O[C@@H](c2ccc3c(N)ncnn23)[C@H](OC(=O)C(C)C)[C@@H]1OC(=O)C(C)C)P(=O)(O)O.COC(=O)C(C)NP(=O)(OCc1ccccc1)OC[C@@]1(C#N)O[C@@H](c2ccc3c(N)ncnn23)[C@H](OC(=O)C(C)C)[C@@H]1OC(=O)C(C)C. The van der Waals surface area contributed by atoms with Crippen molar-refractivity contribution in [2.45, 2.75) is 136 Å². The molecule has 0 spiro atoms. The van der Waals surface area contributed by atoms with Crippen molar-refractivity contribution < 1.29 is 94.6 Å². The molecule has 6 heterocycles. The molecule has 7 N–H and O–H groups in total. The molecular weight excluding hydrogens is 1210 g/mol. The summed E-state index contributed by atoms with van der Waals surface area (Å²) in [6, 6.07) is 16.2. The second-order valence-electron chi connectivity index (χ2n) is 21.8. The lowest BCUT2D eigenvalue weighted by Crippen LogP contribution is -2.55. The fraction of sp³-hybridized carbons (Fsp3) is 0.527. The van der Waals surface area contributed by atoms with Gasteiger partial charge in [-0.05, 0) is 43.7 Å². The summed E-state index contributed by atoms with van der Waals surface area (Å²) in [5, 5.41) is 32.2. The minimum Gasteiger partial charge on any atom is -0.468 e. The van der Waals surface area contributed by atoms with E-state index < -0.39 is 148 Å². The molecule has 482 valence electrons. The first kappa shape index (κ1) is 70.1. The van der Waals surface area contributed by atoms with Crippen LogP contribution in [-0.4, -0.2) is 155 Å². The highest BCUT2D eigenvalue weighted by atomic mass is 31.2. The van der Waals surface area contributed by atoms with E-state index in [1.165, 1.54) is 42.2 Å². The summed E-state index contributed by atoms with van der Waals surface area (Å²) >= 11 is 0. The van der Waals surface area contributed by atoms with Crippen LogP contribution >= 0.6 is 15.5 Å². The van der Waals surface area contributed by atoms with E-state index in [0.717, 1.165) is 27.5 Å². The monoisotopic (exact) mass is 1280 g/mol. The van der Waals surface area contributed by atoms with Crippen LogP contribution in [0.5, 0.6) is 0 Å². The molecule has 34 heteroatoms. The Labute approximate surface area is 511 Å². The number of hydrogen-bond acceptors (Lipinski definition) is 26. The van der Waals surface area contributed by atoms with Gasteiger partial charge in [0.05, 0.1) is 62.4 Å². The fourth-order valence-corrected chi connectivity index (χ4v) is 11.4. The van der Waals surface area contributed by atoms with Gasteiger partial charge in [0, 0.05) is 0 Å². The Hall–Kier alpha value is -8.00. The number of carbonyl (C=O) groups excluding carboxylic acids is 6. The Morgan fingerprint density at radius 1 is 0.640 bits per heavy atom. The number of esters is 6. The lowest BCUT2D eigenvalue weighted by Gasteiger charge is -2.35. The van der Waals surface area contributed by atoms with E-state index in [1.54, 1.807) is 90.1 Å². The van der Waals surface area contributed by atoms with Gasteiger partial charge >= 0.3 is 51.3 Å². The van der Waals surface area contributed by atoms with Crippen molar-refractivity contribution in [1.29, 1.82) is 10.5 Å². The molecular formula is C55H72N12O20P2. The van der Waals surface area contributed by atoms with Crippen LogP contribution < -0.4 is 16.6 Å². The third-order valence-electron chi connectivity index (χ3n) is 14.0. The molecule has 2 aliphatic heterocycles. The van der Waals surface area contributed by atoms with Crippen LogP contribution in [0.25, 0.3) is 11.0 Å². The molecule has 3 unspecified atom stereocenters. The molecule has 89 heavy (non-hydrogen) atoms. The first-order chi connectivity index (χ1) is 41.8. The van der Waals surface area contributed by atoms with Gasteiger partial charge < -0.3 is 59.1 Å². The van der Waals surface area contributed by atoms with Crippen molar-refractivity contribution >= 4 is 74.0 Å². The molecule has 5 aromatic rings. The predicted octanol–water partition coefficient (Wildman–Crippen LogP) is 4.01. The molecule has 0 amide bonds. The van der Waals surface area contributed by atoms with Gasteiger partial charge in [-0.1, -0.05) is 85.7 Å². The van der Waals surface area contributed by atoms with Crippen LogP contribution in [0.4, 0.5) is 11.6 Å². The van der Waals surface area contributed by atoms with Crippen molar-refractivity contribution in [1.82, 2.24) is 39.0 Å². The van der Waals surface area contributed by atoms with Crippen molar-refractivity contribution in [2.24, 2.45) is 23.7 Å². The standard InChI is InChI=1S/C31H39N6O10P.C24H33N6O10P/c1-18(2)28(38)45-25-24(22-12-13-23-27(33)34-17-35-37(22)23)47-31(15-32,26(25)46-29(39)19(3)4)16-44-48(41,36-20(5)30(40)42-6)43-14-21-10-8-7-9-11-21;1-12(2)21(31)38-18-17(15-7-8-16-20(26)27-11-28-30(15)16)40-24(9-25,19(18)39-22(32)13(3)4)10-29(41(34,35)36)14(5)23(33)37-6/h7-13,17-20,24-26H,14,16H2,1-6H3,(H,36,41)(H2,33,34,35);7-8,11-14,17-19H,10H2,1-6H3,(H2,26,27,28)(H2,34,35,36)/t20?,24-,25-,26-,31+,48?;14?,17-,18-,19-,24-/m00/s1. The molecule has 0 aliphatic carbocycles. The predicted molar refractivity (Wildman–Crippen MR) is 308 cm³/mol. The Bertz CT molecular complexity index is 3570. The van der Waals surface area contributed by atoms with Gasteiger partial charge in [0.15, 0.2) is 36.1 Å². The van der Waals surface area contributed by atoms with Crippen LogP contribution in [0.2, 0.25) is 0 Å². The summed E-state index contributed by atoms with van der Waals surface area (Å²) in [5.74, 6) is -7.10. The number of ether oxygens (including phenoxy) is 8. The minimum atomic E-state index is -5.26. The third kappa shape index (κ3) is 15.9. The van der Waals surface area contributed by atoms with Crippen molar-refractivity contribution in [3.05, 3.63) is 84.2 Å². The highest BCUT2D eigenvalue weighted by Gasteiger charge is 2.64. The zero-order valence-corrected chi connectivity index (χ0v) is 52.5. The van der Waals surface area contributed by atoms with E-state index in [0.29, 0.717) is 21.3 Å². The number of methoxy groups -OCH3 is 2. The lowest BCUT2D eigenvalue weighted by molar-refractivity contribution is -0.173. The normalized spacial score (nSPS) is 23.0. The van der Waals surface area contributed by atoms with Gasteiger partial charge in [0.25, 0.3) is 0 Å². The first-order valence-corrected chi connectivity index (χ1v) is 30.8. The number of nitrogens with two attached hydrogens (primary N) is 2. The third-order valence-corrected chi connectivity index (χ3v) is 16.8. The molecule has 7 rings (SSSR count). The van der Waals surface area contributed by atoms with E-state index in [1.807, 2.05) is 12.1 Å². The molecule has 0 saturated carbocycles. The second-order valence-corrected chi connectivity index (χ2v) is 25.1. The molecule has 11 atom stereocenters. The summed E-state index contributed by atoms with van der Waals surface area (Å²) in [6.07, 6.45) is -6.47. The van der Waals surface area contributed by atoms with Gasteiger partial charge in [0.1, 0.15) is 66.7 Å². The number of nitriles is 2. The quantitative estimate of drug-likeness (QED) is 0.0331. The average Bonchev–Trinajstić information content (AvgIpc) is 1.66. The van der Waals surface area contributed by atoms with Crippen LogP contribution in [0.3, 0.4) is 0 Å². The molecule has 1 aromatic carbocycles. The zero-order chi connectivity index (χ0) is 66.1. The van der Waals surface area contributed by atoms with Crippen molar-refractivity contribution in [3.8, 4) is 12.1 Å². The molecule has 2 saturated heterocycles. The number of fused-ring (bicyclic) bond motifs is 2. The van der Waals surface area contributed by atoms with E-state index in [9.17, 15) is 58.2 Å². The summed E-state index contributed by atoms with van der Waals surface area (Å²) in [7, 11) is -7.54. The van der Waals surface area contributed by atoms with Crippen LogP contribution in [0.15, 0.2) is 67.3 Å². The first-order valence-electron chi connectivity index (χ1n) is 27.7. The maximum Gasteiger partial charge on any atom is 0.406 e. The molecule has 2 aliphatic rings. The van der Waals surface area contributed by atoms with Crippen molar-refractivity contribution in [3.63, 3.8) is 0 Å². The van der Waals surface area contributed by atoms with E-state index >= 15 is 0 Å². The Balaban J connectivity index is 0.000000287. The number of benzene rings is 1. The summed E-state index contributed by atoms with van der Waals surface area (Å²) in [6.45, 7) is 13.1. The molecule has 0 bridgehead atoms. The number of nitrogen functional groups attached to an aromatic ring is 2. The van der Waals surface area contributed by atoms with Gasteiger partial charge in [-0.3, -0.25) is 37.8 Å². The fourth-order valence-electron chi connectivity index (χ4n) is 9.01. The van der Waals surface area contributed by atoms with E-state index in [4.69, 9.17) is 53.7 Å². The molecule has 32 nitrogen and oxygen atoms in total. The minimum absolute atomic E-state index is 0.105. The average molecular weight is 1280 g/mol. The maximum atomic E-state index is 14.2. The van der Waals surface area contributed by atoms with Gasteiger partial charge in [-0.2, -0.15) is 25.4 Å². The Kier molecular flexibility index (Phi) is 22.9. The van der Waals surface area contributed by atoms with Crippen LogP contribution in [0, 0.1) is 46.3 Å². The lowest BCUT2D eigenvalue weighted by atomic mass is 9.94. The van der Waals surface area contributed by atoms with Crippen LogP contribution in [-0.2, 0) is 91.4 Å². The largest absolute Gasteiger partial charge is 0.468 e. The Morgan fingerprint density at radius 2 is 1.07 bits per heavy atom. The number of rotatable bonds is 24. The summed E-state index contributed by atoms with van der Waals surface area (Å²) in [4.78, 5) is 105. The smallest absolute Gasteiger partial charge is 0.406 e. The number of nitrogens with zero attached hydrogens (tertiary/aromatic N) is 9. The van der Waals surface area contributed by atoms with Crippen molar-refractivity contribution in [2.75, 3.05) is 38.8 Å². The zero-order valence-electron chi connectivity index (χ0n) is 50.7. The highest BCUT2D eigenvalue weighted by molar-refractivity contribution is 7.51. The second kappa shape index (κ2) is 29.1. The van der Waals surface area contributed by atoms with Crippen LogP contribution in [0.1, 0.15) is 98.4 Å². The highest BCUT2D eigenvalue weighted by Crippen LogP contribution is 2.52. The Morgan fingerprint density at radius 3 is 1.48 bits per heavy atom. The number of anilines is 2. The topological polar surface area (TPSA) is 445 Å². The molecule has 0 radical (unpaired) electrons. The number of aromatic nitrogens is 6. The van der Waals surface area contributed by atoms with Gasteiger partial charge in [-0.25, -0.2) is 33.2 Å². The number of carbonyl (C=O) groups is 6. The maximum absolute atomic E-state index is 14.2. The summed E-state index contributed by atoms with van der Waals surface area (Å²) in [5.41, 5.74) is 9.26. The van der Waals surface area contributed by atoms with Gasteiger partial charge in [-0.15, -0.1) is 0 Å². The van der Waals surface area contributed by atoms with Gasteiger partial charge in [0.2, 0.25) is 11.2 Å². The van der Waals surface area contributed by atoms with E-state index in [2.05, 4.69) is 30.0 Å². The number of hydrogen-bond donors (Lipinski definition) is 5. The summed E-state index contributed by atoms with van der Waals surface area (Å²) < 4.78 is 86.5. The number of nitrogens with one attached hydrogen (secondary N) is 1. The molecule has 2 fully saturated rings.